The molecule has 116 valence electrons. The van der Waals surface area contributed by atoms with Crippen molar-refractivity contribution in [2.45, 2.75) is 71.1 Å². The van der Waals surface area contributed by atoms with Crippen LogP contribution in [0.5, 0.6) is 5.88 Å². The van der Waals surface area contributed by atoms with E-state index in [-0.39, 0.29) is 6.10 Å². The first-order valence-electron chi connectivity index (χ1n) is 7.96. The van der Waals surface area contributed by atoms with Crippen LogP contribution in [-0.2, 0) is 11.2 Å². The van der Waals surface area contributed by atoms with Crippen molar-refractivity contribution in [1.82, 2.24) is 10.3 Å². The van der Waals surface area contributed by atoms with E-state index >= 15 is 0 Å². The van der Waals surface area contributed by atoms with Crippen LogP contribution < -0.4 is 10.1 Å². The molecule has 0 radical (unpaired) electrons. The predicted octanol–water partition coefficient (Wildman–Crippen LogP) is 2.90. The standard InChI is InChI=1S/C17H26N2O2/c1-4-15(20)7-5-13-6-8-17(18-11-13)21-16-9-14(10-16)19-12(2)3/h6,8,11-12,14,16,19H,4-5,7,9-10H2,1-3H3/t14-,16+. The van der Waals surface area contributed by atoms with Crippen molar-refractivity contribution in [3.63, 3.8) is 0 Å². The van der Waals surface area contributed by atoms with Gasteiger partial charge in [0, 0.05) is 37.2 Å². The second-order valence-corrected chi connectivity index (χ2v) is 6.13. The van der Waals surface area contributed by atoms with Crippen molar-refractivity contribution in [3.05, 3.63) is 23.9 Å². The van der Waals surface area contributed by atoms with Crippen LogP contribution in [0.4, 0.5) is 0 Å². The maximum atomic E-state index is 11.3. The molecule has 1 aliphatic carbocycles. The molecule has 1 aromatic rings. The molecule has 0 aliphatic heterocycles. The van der Waals surface area contributed by atoms with Gasteiger partial charge in [0.05, 0.1) is 0 Å². The third-order valence-electron chi connectivity index (χ3n) is 3.84. The van der Waals surface area contributed by atoms with Gasteiger partial charge in [0.2, 0.25) is 5.88 Å². The molecule has 0 saturated heterocycles. The molecule has 1 saturated carbocycles. The minimum Gasteiger partial charge on any atom is -0.474 e. The molecular weight excluding hydrogens is 264 g/mol. The predicted molar refractivity (Wildman–Crippen MR) is 83.6 cm³/mol. The zero-order chi connectivity index (χ0) is 15.2. The lowest BCUT2D eigenvalue weighted by Gasteiger charge is -2.36. The molecule has 0 bridgehead atoms. The van der Waals surface area contributed by atoms with Gasteiger partial charge < -0.3 is 10.1 Å². The van der Waals surface area contributed by atoms with Crippen molar-refractivity contribution < 1.29 is 9.53 Å². The van der Waals surface area contributed by atoms with Crippen LogP contribution >= 0.6 is 0 Å². The number of carbonyl (C=O) groups is 1. The molecular formula is C17H26N2O2. The number of Topliss-reactive ketones (excluding diaryl/α,β-unsaturated/α-hetero) is 1. The highest BCUT2D eigenvalue weighted by Gasteiger charge is 2.31. The fraction of sp³-hybridized carbons (Fsp3) is 0.647. The fourth-order valence-corrected chi connectivity index (χ4v) is 2.53. The van der Waals surface area contributed by atoms with Crippen molar-refractivity contribution in [1.29, 1.82) is 0 Å². The number of nitrogens with one attached hydrogen (secondary N) is 1. The first kappa shape index (κ1) is 16.0. The van der Waals surface area contributed by atoms with Crippen LogP contribution in [0.1, 0.15) is 52.0 Å². The zero-order valence-corrected chi connectivity index (χ0v) is 13.3. The Balaban J connectivity index is 1.72. The normalized spacial score (nSPS) is 21.1. The van der Waals surface area contributed by atoms with Crippen molar-refractivity contribution in [3.8, 4) is 5.88 Å². The summed E-state index contributed by atoms with van der Waals surface area (Å²) in [5, 5.41) is 3.50. The summed E-state index contributed by atoms with van der Waals surface area (Å²) in [7, 11) is 0. The fourth-order valence-electron chi connectivity index (χ4n) is 2.53. The number of rotatable bonds is 8. The molecule has 0 unspecified atom stereocenters. The molecule has 4 nitrogen and oxygen atoms in total. The van der Waals surface area contributed by atoms with Crippen LogP contribution in [0, 0.1) is 0 Å². The SMILES string of the molecule is CCC(=O)CCc1ccc(O[C@H]2C[C@@H](NC(C)C)C2)nc1. The number of aromatic nitrogens is 1. The van der Waals surface area contributed by atoms with Crippen molar-refractivity contribution in [2.24, 2.45) is 0 Å². The average molecular weight is 290 g/mol. The van der Waals surface area contributed by atoms with Crippen LogP contribution in [0.3, 0.4) is 0 Å². The number of hydrogen-bond acceptors (Lipinski definition) is 4. The number of ether oxygens (including phenoxy) is 1. The highest BCUT2D eigenvalue weighted by atomic mass is 16.5. The summed E-state index contributed by atoms with van der Waals surface area (Å²) in [5.41, 5.74) is 1.09. The Hall–Kier alpha value is -1.42. The number of nitrogens with zero attached hydrogens (tertiary/aromatic N) is 1. The van der Waals surface area contributed by atoms with E-state index in [0.29, 0.717) is 36.6 Å². The smallest absolute Gasteiger partial charge is 0.213 e. The van der Waals surface area contributed by atoms with Gasteiger partial charge in [-0.15, -0.1) is 0 Å². The van der Waals surface area contributed by atoms with Gasteiger partial charge in [0.25, 0.3) is 0 Å². The Morgan fingerprint density at radius 2 is 2.19 bits per heavy atom. The van der Waals surface area contributed by atoms with E-state index in [9.17, 15) is 4.79 Å². The summed E-state index contributed by atoms with van der Waals surface area (Å²) < 4.78 is 5.85. The van der Waals surface area contributed by atoms with E-state index in [1.54, 1.807) is 0 Å². The molecule has 4 heteroatoms. The highest BCUT2D eigenvalue weighted by Crippen LogP contribution is 2.25. The molecule has 1 aromatic heterocycles. The topological polar surface area (TPSA) is 51.2 Å². The van der Waals surface area contributed by atoms with E-state index in [1.165, 1.54) is 0 Å². The lowest BCUT2D eigenvalue weighted by molar-refractivity contribution is -0.118. The summed E-state index contributed by atoms with van der Waals surface area (Å²) in [5.74, 6) is 0.988. The Labute approximate surface area is 127 Å². The van der Waals surface area contributed by atoms with Crippen molar-refractivity contribution >= 4 is 5.78 Å². The molecule has 1 heterocycles. The number of aryl methyl sites for hydroxylation is 1. The Kier molecular flexibility index (Phi) is 5.74. The molecule has 0 amide bonds. The number of pyridine rings is 1. The molecule has 0 aromatic carbocycles. The Morgan fingerprint density at radius 3 is 2.76 bits per heavy atom. The second-order valence-electron chi connectivity index (χ2n) is 6.13. The summed E-state index contributed by atoms with van der Waals surface area (Å²) in [4.78, 5) is 15.6. The third-order valence-corrected chi connectivity index (χ3v) is 3.84. The first-order valence-corrected chi connectivity index (χ1v) is 7.96. The number of ketones is 1. The van der Waals surface area contributed by atoms with E-state index in [0.717, 1.165) is 24.8 Å². The number of hydrogen-bond donors (Lipinski definition) is 1. The minimum absolute atomic E-state index is 0.279. The Bertz CT molecular complexity index is 450. The summed E-state index contributed by atoms with van der Waals surface area (Å²) in [6.07, 6.45) is 6.18. The molecule has 1 aliphatic rings. The largest absolute Gasteiger partial charge is 0.474 e. The summed E-state index contributed by atoms with van der Waals surface area (Å²) in [6, 6.07) is 5.02. The molecule has 0 atom stereocenters. The molecule has 1 N–H and O–H groups in total. The van der Waals surface area contributed by atoms with Gasteiger partial charge in [-0.2, -0.15) is 0 Å². The maximum Gasteiger partial charge on any atom is 0.213 e. The zero-order valence-electron chi connectivity index (χ0n) is 13.3. The molecule has 1 fully saturated rings. The Morgan fingerprint density at radius 1 is 1.43 bits per heavy atom. The summed E-state index contributed by atoms with van der Waals surface area (Å²) in [6.45, 7) is 6.23. The lowest BCUT2D eigenvalue weighted by Crippen LogP contribution is -2.49. The monoisotopic (exact) mass is 290 g/mol. The van der Waals surface area contributed by atoms with E-state index in [2.05, 4.69) is 24.1 Å². The first-order chi connectivity index (χ1) is 10.1. The van der Waals surface area contributed by atoms with Crippen LogP contribution in [0.25, 0.3) is 0 Å². The third kappa shape index (κ3) is 5.12. The highest BCUT2D eigenvalue weighted by molar-refractivity contribution is 5.78. The van der Waals surface area contributed by atoms with Crippen LogP contribution in [0.2, 0.25) is 0 Å². The maximum absolute atomic E-state index is 11.3. The van der Waals surface area contributed by atoms with E-state index in [4.69, 9.17) is 4.74 Å². The lowest BCUT2D eigenvalue weighted by atomic mass is 9.89. The minimum atomic E-state index is 0.279. The van der Waals surface area contributed by atoms with Gasteiger partial charge in [0.1, 0.15) is 11.9 Å². The molecule has 2 rings (SSSR count). The van der Waals surface area contributed by atoms with Gasteiger partial charge in [-0.1, -0.05) is 26.8 Å². The number of carbonyl (C=O) groups excluding carboxylic acids is 1. The second kappa shape index (κ2) is 7.55. The van der Waals surface area contributed by atoms with Gasteiger partial charge in [-0.3, -0.25) is 4.79 Å². The average Bonchev–Trinajstić information content (AvgIpc) is 2.43. The van der Waals surface area contributed by atoms with E-state index in [1.807, 2.05) is 25.3 Å². The van der Waals surface area contributed by atoms with Gasteiger partial charge in [-0.25, -0.2) is 4.98 Å². The van der Waals surface area contributed by atoms with Crippen LogP contribution in [0.15, 0.2) is 18.3 Å². The quantitative estimate of drug-likeness (QED) is 0.800. The molecule has 0 spiro atoms. The summed E-state index contributed by atoms with van der Waals surface area (Å²) >= 11 is 0. The molecule has 21 heavy (non-hydrogen) atoms. The van der Waals surface area contributed by atoms with Crippen molar-refractivity contribution in [2.75, 3.05) is 0 Å². The van der Waals surface area contributed by atoms with Crippen LogP contribution in [-0.4, -0.2) is 29.0 Å². The van der Waals surface area contributed by atoms with Gasteiger partial charge in [-0.05, 0) is 24.8 Å². The van der Waals surface area contributed by atoms with Gasteiger partial charge >= 0.3 is 0 Å². The van der Waals surface area contributed by atoms with E-state index < -0.39 is 0 Å². The van der Waals surface area contributed by atoms with Gasteiger partial charge in [0.15, 0.2) is 0 Å².